The molecule has 1 N–H and O–H groups in total. The Kier molecular flexibility index (Phi) is 4.05. The SMILES string of the molecule is Cc1c(O)c(=O)ccn1C.O=C1C=C(N2CC2)C(=O)C(N2CC2)=C1N1CC1. The lowest BCUT2D eigenvalue weighted by molar-refractivity contribution is -0.117. The quantitative estimate of drug-likeness (QED) is 0.571. The molecule has 3 saturated heterocycles. The first-order valence-electron chi connectivity index (χ1n) is 9.03. The number of rotatable bonds is 3. The lowest BCUT2D eigenvalue weighted by atomic mass is 10.0. The number of aromatic hydroxyl groups is 1. The fourth-order valence-corrected chi connectivity index (χ4v) is 2.99. The normalized spacial score (nSPS) is 20.4. The van der Waals surface area contributed by atoms with Gasteiger partial charge in [0, 0.05) is 64.7 Å². The van der Waals surface area contributed by atoms with Crippen LogP contribution in [0.25, 0.3) is 0 Å². The van der Waals surface area contributed by atoms with Gasteiger partial charge in [-0.25, -0.2) is 0 Å². The largest absolute Gasteiger partial charge is 0.503 e. The zero-order chi connectivity index (χ0) is 19.3. The van der Waals surface area contributed by atoms with Crippen molar-refractivity contribution in [3.8, 4) is 5.75 Å². The first-order chi connectivity index (χ1) is 12.9. The molecule has 4 heterocycles. The summed E-state index contributed by atoms with van der Waals surface area (Å²) < 4.78 is 1.69. The minimum Gasteiger partial charge on any atom is -0.503 e. The Balaban J connectivity index is 0.000000155. The summed E-state index contributed by atoms with van der Waals surface area (Å²) in [7, 11) is 1.77. The predicted molar refractivity (Wildman–Crippen MR) is 97.9 cm³/mol. The van der Waals surface area contributed by atoms with E-state index in [0.29, 0.717) is 22.8 Å². The van der Waals surface area contributed by atoms with Gasteiger partial charge in [0.05, 0.1) is 11.4 Å². The highest BCUT2D eigenvalue weighted by molar-refractivity contribution is 6.22. The molecular weight excluding hydrogens is 348 g/mol. The number of pyridine rings is 1. The van der Waals surface area contributed by atoms with Gasteiger partial charge in [-0.15, -0.1) is 0 Å². The molecule has 3 aliphatic heterocycles. The van der Waals surface area contributed by atoms with Gasteiger partial charge in [0.25, 0.3) is 0 Å². The number of carbonyl (C=O) groups excluding carboxylic acids is 2. The highest BCUT2D eigenvalue weighted by atomic mass is 16.3. The maximum Gasteiger partial charge on any atom is 0.227 e. The molecular formula is C19H22N4O4. The van der Waals surface area contributed by atoms with E-state index < -0.39 is 0 Å². The number of Topliss-reactive ketones (excluding diaryl/α,β-unsaturated/α-hetero) is 1. The summed E-state index contributed by atoms with van der Waals surface area (Å²) in [6.07, 6.45) is 3.15. The number of nitrogens with zero attached hydrogens (tertiary/aromatic N) is 4. The number of aromatic nitrogens is 1. The lowest BCUT2D eigenvalue weighted by Crippen LogP contribution is -2.29. The van der Waals surface area contributed by atoms with Crippen LogP contribution in [-0.2, 0) is 16.6 Å². The Labute approximate surface area is 156 Å². The molecule has 8 heteroatoms. The summed E-state index contributed by atoms with van der Waals surface area (Å²) in [5, 5.41) is 9.05. The van der Waals surface area contributed by atoms with E-state index in [1.54, 1.807) is 24.7 Å². The number of aryl methyl sites for hydroxylation is 1. The fourth-order valence-electron chi connectivity index (χ4n) is 2.99. The predicted octanol–water partition coefficient (Wildman–Crippen LogP) is -0.420. The molecule has 0 radical (unpaired) electrons. The number of hydrogen-bond acceptors (Lipinski definition) is 7. The third-order valence-corrected chi connectivity index (χ3v) is 5.04. The van der Waals surface area contributed by atoms with Crippen molar-refractivity contribution < 1.29 is 14.7 Å². The van der Waals surface area contributed by atoms with E-state index in [1.165, 1.54) is 12.1 Å². The van der Waals surface area contributed by atoms with Gasteiger partial charge in [0.15, 0.2) is 5.75 Å². The van der Waals surface area contributed by atoms with E-state index in [0.717, 1.165) is 39.3 Å². The summed E-state index contributed by atoms with van der Waals surface area (Å²) >= 11 is 0. The van der Waals surface area contributed by atoms with Crippen molar-refractivity contribution in [3.05, 3.63) is 51.3 Å². The first kappa shape index (κ1) is 17.4. The highest BCUT2D eigenvalue weighted by Crippen LogP contribution is 2.33. The second kappa shape index (κ2) is 6.29. The van der Waals surface area contributed by atoms with Crippen molar-refractivity contribution in [1.29, 1.82) is 0 Å². The van der Waals surface area contributed by atoms with Gasteiger partial charge in [0.1, 0.15) is 11.4 Å². The molecule has 0 atom stereocenters. The maximum absolute atomic E-state index is 12.4. The van der Waals surface area contributed by atoms with Crippen molar-refractivity contribution in [2.45, 2.75) is 6.92 Å². The third kappa shape index (κ3) is 3.34. The van der Waals surface area contributed by atoms with Gasteiger partial charge in [-0.1, -0.05) is 0 Å². The zero-order valence-electron chi connectivity index (χ0n) is 15.4. The van der Waals surface area contributed by atoms with Crippen molar-refractivity contribution in [2.24, 2.45) is 7.05 Å². The minimum absolute atomic E-state index is 0.00546. The smallest absolute Gasteiger partial charge is 0.227 e. The Bertz CT molecular complexity index is 947. The molecule has 0 amide bonds. The molecule has 0 bridgehead atoms. The van der Waals surface area contributed by atoms with Gasteiger partial charge >= 0.3 is 0 Å². The van der Waals surface area contributed by atoms with Crippen LogP contribution in [0.2, 0.25) is 0 Å². The topological polar surface area (TPSA) is 85.4 Å². The summed E-state index contributed by atoms with van der Waals surface area (Å²) in [6, 6.07) is 1.34. The molecule has 1 aliphatic carbocycles. The maximum atomic E-state index is 12.4. The van der Waals surface area contributed by atoms with E-state index in [1.807, 2.05) is 14.7 Å². The van der Waals surface area contributed by atoms with Gasteiger partial charge in [-0.3, -0.25) is 14.4 Å². The average Bonchev–Trinajstić information content (AvgIpc) is 3.49. The molecule has 142 valence electrons. The molecule has 8 nitrogen and oxygen atoms in total. The van der Waals surface area contributed by atoms with Crippen molar-refractivity contribution >= 4 is 11.6 Å². The first-order valence-corrected chi connectivity index (χ1v) is 9.03. The molecule has 4 aliphatic rings. The Morgan fingerprint density at radius 1 is 0.889 bits per heavy atom. The number of hydrogen-bond donors (Lipinski definition) is 1. The average molecular weight is 370 g/mol. The highest BCUT2D eigenvalue weighted by Gasteiger charge is 2.43. The summed E-state index contributed by atoms with van der Waals surface area (Å²) in [4.78, 5) is 41.2. The third-order valence-electron chi connectivity index (χ3n) is 5.04. The second-order valence-electron chi connectivity index (χ2n) is 7.11. The summed E-state index contributed by atoms with van der Waals surface area (Å²) in [5.74, 6) is -0.114. The molecule has 5 rings (SSSR count). The van der Waals surface area contributed by atoms with Crippen molar-refractivity contribution in [3.63, 3.8) is 0 Å². The monoisotopic (exact) mass is 370 g/mol. The molecule has 1 aromatic rings. The molecule has 27 heavy (non-hydrogen) atoms. The zero-order valence-corrected chi connectivity index (χ0v) is 15.4. The van der Waals surface area contributed by atoms with Crippen molar-refractivity contribution in [2.75, 3.05) is 39.3 Å². The molecule has 3 fully saturated rings. The number of ketones is 2. The fraction of sp³-hybridized carbons (Fsp3) is 0.421. The van der Waals surface area contributed by atoms with Crippen LogP contribution in [-0.4, -0.2) is 75.2 Å². The Morgan fingerprint density at radius 3 is 1.96 bits per heavy atom. The van der Waals surface area contributed by atoms with Crippen LogP contribution in [0.4, 0.5) is 0 Å². The summed E-state index contributed by atoms with van der Waals surface area (Å²) in [6.45, 7) is 7.10. The number of allylic oxidation sites excluding steroid dienone is 1. The van der Waals surface area contributed by atoms with Crippen molar-refractivity contribution in [1.82, 2.24) is 19.3 Å². The summed E-state index contributed by atoms with van der Waals surface area (Å²) in [5.41, 5.74) is 2.15. The van der Waals surface area contributed by atoms with Crippen LogP contribution in [0.3, 0.4) is 0 Å². The molecule has 1 aromatic heterocycles. The Morgan fingerprint density at radius 2 is 1.44 bits per heavy atom. The van der Waals surface area contributed by atoms with E-state index in [2.05, 4.69) is 0 Å². The van der Waals surface area contributed by atoms with Gasteiger partial charge < -0.3 is 24.4 Å². The molecule has 0 unspecified atom stereocenters. The van der Waals surface area contributed by atoms with Gasteiger partial charge in [-0.2, -0.15) is 0 Å². The molecule has 0 aromatic carbocycles. The van der Waals surface area contributed by atoms with E-state index >= 15 is 0 Å². The minimum atomic E-state index is -0.324. The standard InChI is InChI=1S/C12H13N3O2.C7H9NO2/c16-9-7-8(13-1-2-13)12(17)11(15-5-6-15)10(9)14-3-4-14;1-5-7(10)6(9)3-4-8(5)2/h7H,1-6H2;3-4,10H,1-2H3. The van der Waals surface area contributed by atoms with Crippen LogP contribution < -0.4 is 5.43 Å². The lowest BCUT2D eigenvalue weighted by Gasteiger charge is -2.21. The Hall–Kier alpha value is -3.03. The number of carbonyl (C=O) groups is 2. The van der Waals surface area contributed by atoms with Crippen LogP contribution in [0.1, 0.15) is 5.69 Å². The van der Waals surface area contributed by atoms with Crippen LogP contribution >= 0.6 is 0 Å². The van der Waals surface area contributed by atoms with Gasteiger partial charge in [-0.05, 0) is 6.92 Å². The van der Waals surface area contributed by atoms with Crippen LogP contribution in [0, 0.1) is 6.92 Å². The van der Waals surface area contributed by atoms with Crippen LogP contribution in [0.5, 0.6) is 5.75 Å². The molecule has 0 spiro atoms. The van der Waals surface area contributed by atoms with E-state index in [9.17, 15) is 14.4 Å². The van der Waals surface area contributed by atoms with Gasteiger partial charge in [0.2, 0.25) is 17.0 Å². The van der Waals surface area contributed by atoms with E-state index in [-0.39, 0.29) is 22.7 Å². The second-order valence-corrected chi connectivity index (χ2v) is 7.11. The van der Waals surface area contributed by atoms with Crippen LogP contribution in [0.15, 0.2) is 40.2 Å². The molecule has 0 saturated carbocycles. The van der Waals surface area contributed by atoms with E-state index in [4.69, 9.17) is 5.11 Å².